The number of carbonyl (C=O) groups is 1. The summed E-state index contributed by atoms with van der Waals surface area (Å²) in [7, 11) is 0. The molecule has 152 valence electrons. The number of hydrogen-bond donors (Lipinski definition) is 3. The molecule has 0 radical (unpaired) electrons. The first-order chi connectivity index (χ1) is 14.3. The molecule has 0 saturated carbocycles. The summed E-state index contributed by atoms with van der Waals surface area (Å²) in [5, 5.41) is 6.60. The topological polar surface area (TPSA) is 119 Å². The van der Waals surface area contributed by atoms with Crippen molar-refractivity contribution in [1.82, 2.24) is 19.7 Å². The highest BCUT2D eigenvalue weighted by Crippen LogP contribution is 2.35. The highest BCUT2D eigenvalue weighted by atomic mass is 19.4. The van der Waals surface area contributed by atoms with E-state index in [1.165, 1.54) is 48.8 Å². The SMILES string of the molecule is Nc1cc(NC(=O)c2cnn(-c3cccc4c(=O)[nH]ccc34)c2C(F)(F)F)ccn1. The van der Waals surface area contributed by atoms with Crippen LogP contribution in [-0.4, -0.2) is 25.7 Å². The molecule has 0 aliphatic rings. The second-order valence-electron chi connectivity index (χ2n) is 6.29. The van der Waals surface area contributed by atoms with E-state index >= 15 is 0 Å². The molecule has 0 aliphatic carbocycles. The first-order valence-corrected chi connectivity index (χ1v) is 8.54. The van der Waals surface area contributed by atoms with E-state index in [9.17, 15) is 22.8 Å². The van der Waals surface area contributed by atoms with Crippen molar-refractivity contribution in [3.8, 4) is 5.69 Å². The van der Waals surface area contributed by atoms with Crippen LogP contribution in [0.3, 0.4) is 0 Å². The largest absolute Gasteiger partial charge is 0.434 e. The zero-order chi connectivity index (χ0) is 21.5. The number of nitrogens with zero attached hydrogens (tertiary/aromatic N) is 3. The van der Waals surface area contributed by atoms with Gasteiger partial charge < -0.3 is 16.0 Å². The van der Waals surface area contributed by atoms with Gasteiger partial charge in [-0.2, -0.15) is 18.3 Å². The number of alkyl halides is 3. The number of carbonyl (C=O) groups excluding carboxylic acids is 1. The molecule has 4 aromatic rings. The molecule has 8 nitrogen and oxygen atoms in total. The lowest BCUT2D eigenvalue weighted by atomic mass is 10.1. The maximum atomic E-state index is 13.9. The van der Waals surface area contributed by atoms with Crippen LogP contribution in [0.4, 0.5) is 24.7 Å². The third-order valence-electron chi connectivity index (χ3n) is 4.34. The number of hydrogen-bond acceptors (Lipinski definition) is 5. The van der Waals surface area contributed by atoms with Gasteiger partial charge in [0.2, 0.25) is 0 Å². The Morgan fingerprint density at radius 3 is 2.70 bits per heavy atom. The van der Waals surface area contributed by atoms with Crippen molar-refractivity contribution < 1.29 is 18.0 Å². The molecule has 1 aromatic carbocycles. The first kappa shape index (κ1) is 19.2. The predicted octanol–water partition coefficient (Wildman–Crippen LogP) is 2.96. The molecule has 0 fully saturated rings. The van der Waals surface area contributed by atoms with Crippen molar-refractivity contribution in [3.05, 3.63) is 76.6 Å². The molecular weight excluding hydrogens is 401 g/mol. The van der Waals surface area contributed by atoms with Gasteiger partial charge in [0.1, 0.15) is 5.82 Å². The molecule has 0 unspecified atom stereocenters. The van der Waals surface area contributed by atoms with E-state index in [2.05, 4.69) is 20.4 Å². The van der Waals surface area contributed by atoms with E-state index < -0.39 is 28.9 Å². The number of nitrogens with one attached hydrogen (secondary N) is 2. The molecule has 4 N–H and O–H groups in total. The lowest BCUT2D eigenvalue weighted by Gasteiger charge is -2.14. The molecule has 1 amide bonds. The number of anilines is 2. The number of benzene rings is 1. The van der Waals surface area contributed by atoms with Crippen LogP contribution in [0.15, 0.2) is 59.8 Å². The maximum absolute atomic E-state index is 13.9. The molecule has 0 atom stereocenters. The van der Waals surface area contributed by atoms with Crippen molar-refractivity contribution in [2.24, 2.45) is 0 Å². The van der Waals surface area contributed by atoms with Crippen LogP contribution in [0.25, 0.3) is 16.5 Å². The van der Waals surface area contributed by atoms with E-state index in [4.69, 9.17) is 5.73 Å². The summed E-state index contributed by atoms with van der Waals surface area (Å²) in [4.78, 5) is 30.8. The van der Waals surface area contributed by atoms with Crippen molar-refractivity contribution in [2.45, 2.75) is 6.18 Å². The number of aromatic nitrogens is 4. The Labute approximate surface area is 166 Å². The Hall–Kier alpha value is -4.15. The highest BCUT2D eigenvalue weighted by molar-refractivity contribution is 6.05. The number of halogens is 3. The van der Waals surface area contributed by atoms with E-state index in [0.717, 1.165) is 6.20 Å². The average molecular weight is 414 g/mol. The number of fused-ring (bicyclic) bond motifs is 1. The molecule has 0 bridgehead atoms. The average Bonchev–Trinajstić information content (AvgIpc) is 3.14. The third kappa shape index (κ3) is 3.36. The molecule has 4 rings (SSSR count). The molecule has 3 heterocycles. The molecular formula is C19H13F3N6O2. The van der Waals surface area contributed by atoms with Crippen molar-refractivity contribution >= 4 is 28.2 Å². The van der Waals surface area contributed by atoms with Gasteiger partial charge in [0.05, 0.1) is 17.4 Å². The zero-order valence-electron chi connectivity index (χ0n) is 15.1. The number of rotatable bonds is 3. The van der Waals surface area contributed by atoms with Gasteiger partial charge in [-0.1, -0.05) is 6.07 Å². The van der Waals surface area contributed by atoms with Crippen LogP contribution in [0.1, 0.15) is 16.1 Å². The molecule has 0 saturated heterocycles. The van der Waals surface area contributed by atoms with Gasteiger partial charge in [0.15, 0.2) is 5.69 Å². The Morgan fingerprint density at radius 2 is 1.97 bits per heavy atom. The summed E-state index contributed by atoms with van der Waals surface area (Å²) < 4.78 is 42.4. The van der Waals surface area contributed by atoms with Crippen molar-refractivity contribution in [3.63, 3.8) is 0 Å². The highest BCUT2D eigenvalue weighted by Gasteiger charge is 2.40. The minimum Gasteiger partial charge on any atom is -0.384 e. The van der Waals surface area contributed by atoms with Crippen LogP contribution >= 0.6 is 0 Å². The third-order valence-corrected chi connectivity index (χ3v) is 4.34. The second-order valence-corrected chi connectivity index (χ2v) is 6.29. The fourth-order valence-electron chi connectivity index (χ4n) is 3.08. The van der Waals surface area contributed by atoms with Gasteiger partial charge in [-0.05, 0) is 24.3 Å². The number of nitrogens with two attached hydrogens (primary N) is 1. The molecule has 30 heavy (non-hydrogen) atoms. The van der Waals surface area contributed by atoms with Crippen molar-refractivity contribution in [1.29, 1.82) is 0 Å². The van der Waals surface area contributed by atoms with Gasteiger partial charge in [-0.15, -0.1) is 0 Å². The Kier molecular flexibility index (Phi) is 4.49. The molecule has 0 aliphatic heterocycles. The molecule has 11 heteroatoms. The van der Waals surface area contributed by atoms with Gasteiger partial charge in [0.25, 0.3) is 11.5 Å². The zero-order valence-corrected chi connectivity index (χ0v) is 15.1. The number of pyridine rings is 2. The quantitative estimate of drug-likeness (QED) is 0.476. The molecule has 0 spiro atoms. The van der Waals surface area contributed by atoms with E-state index in [0.29, 0.717) is 4.68 Å². The fraction of sp³-hybridized carbons (Fsp3) is 0.0526. The minimum atomic E-state index is -4.90. The number of nitrogen functional groups attached to an aromatic ring is 1. The summed E-state index contributed by atoms with van der Waals surface area (Å²) in [5.41, 5.74) is 3.32. The normalized spacial score (nSPS) is 11.6. The van der Waals surface area contributed by atoms with E-state index in [-0.39, 0.29) is 28.0 Å². The summed E-state index contributed by atoms with van der Waals surface area (Å²) in [5.74, 6) is -0.919. The summed E-state index contributed by atoms with van der Waals surface area (Å²) >= 11 is 0. The van der Waals surface area contributed by atoms with Gasteiger partial charge in [-0.25, -0.2) is 9.67 Å². The minimum absolute atomic E-state index is 0.0122. The van der Waals surface area contributed by atoms with Gasteiger partial charge in [0, 0.05) is 34.9 Å². The fourth-order valence-corrected chi connectivity index (χ4v) is 3.08. The standard InChI is InChI=1S/C19H13F3N6O2/c20-19(21,22)16-13(18(30)27-10-4-6-24-15(23)8-10)9-26-28(16)14-3-1-2-12-11(14)5-7-25-17(12)29/h1-9H,(H,25,29)(H3,23,24,27,30). The smallest absolute Gasteiger partial charge is 0.384 e. The van der Waals surface area contributed by atoms with E-state index in [1.54, 1.807) is 0 Å². The number of H-pyrrole nitrogens is 1. The number of amides is 1. The Morgan fingerprint density at radius 1 is 1.17 bits per heavy atom. The lowest BCUT2D eigenvalue weighted by molar-refractivity contribution is -0.143. The summed E-state index contributed by atoms with van der Waals surface area (Å²) in [6, 6.07) is 8.47. The maximum Gasteiger partial charge on any atom is 0.434 e. The van der Waals surface area contributed by atoms with Crippen LogP contribution in [-0.2, 0) is 6.18 Å². The summed E-state index contributed by atoms with van der Waals surface area (Å²) in [6.07, 6.45) is -1.43. The monoisotopic (exact) mass is 414 g/mol. The summed E-state index contributed by atoms with van der Waals surface area (Å²) in [6.45, 7) is 0. The first-order valence-electron chi connectivity index (χ1n) is 8.54. The van der Waals surface area contributed by atoms with Crippen molar-refractivity contribution in [2.75, 3.05) is 11.1 Å². The second kappa shape index (κ2) is 7.03. The van der Waals surface area contributed by atoms with E-state index in [1.807, 2.05) is 0 Å². The van der Waals surface area contributed by atoms with Crippen LogP contribution in [0.5, 0.6) is 0 Å². The lowest BCUT2D eigenvalue weighted by Crippen LogP contribution is -2.21. The van der Waals surface area contributed by atoms with Gasteiger partial charge in [-0.3, -0.25) is 9.59 Å². The van der Waals surface area contributed by atoms with Crippen LogP contribution in [0, 0.1) is 0 Å². The Balaban J connectivity index is 1.86. The number of aromatic amines is 1. The van der Waals surface area contributed by atoms with Crippen LogP contribution < -0.4 is 16.6 Å². The van der Waals surface area contributed by atoms with Gasteiger partial charge >= 0.3 is 6.18 Å². The predicted molar refractivity (Wildman–Crippen MR) is 103 cm³/mol. The Bertz CT molecular complexity index is 1330. The molecule has 3 aromatic heterocycles. The van der Waals surface area contributed by atoms with Crippen LogP contribution in [0.2, 0.25) is 0 Å².